The minimum Gasteiger partial charge on any atom is -0.352 e. The van der Waals surface area contributed by atoms with Gasteiger partial charge in [0, 0.05) is 39.1 Å². The number of benzene rings is 3. The molecule has 0 saturated heterocycles. The highest BCUT2D eigenvalue weighted by Gasteiger charge is 2.33. The summed E-state index contributed by atoms with van der Waals surface area (Å²) in [5.74, 6) is -0.456. The fourth-order valence-electron chi connectivity index (χ4n) is 4.71. The van der Waals surface area contributed by atoms with Gasteiger partial charge in [0.2, 0.25) is 11.8 Å². The number of hydrogen-bond acceptors (Lipinski definition) is 2. The Morgan fingerprint density at radius 3 is 2.19 bits per heavy atom. The summed E-state index contributed by atoms with van der Waals surface area (Å²) in [6, 6.07) is 19.3. The molecule has 1 fully saturated rings. The molecule has 1 saturated carbocycles. The first-order valence-corrected chi connectivity index (χ1v) is 13.8. The third-order valence-corrected chi connectivity index (χ3v) is 8.01. The third kappa shape index (κ3) is 7.42. The van der Waals surface area contributed by atoms with Crippen LogP contribution in [0.4, 0.5) is 0 Å². The molecule has 1 aliphatic rings. The predicted molar refractivity (Wildman–Crippen MR) is 152 cm³/mol. The number of nitrogens with one attached hydrogen (secondary N) is 1. The highest BCUT2D eigenvalue weighted by Crippen LogP contribution is 2.28. The minimum absolute atomic E-state index is 0.0499. The Morgan fingerprint density at radius 2 is 1.54 bits per heavy atom. The van der Waals surface area contributed by atoms with Crippen molar-refractivity contribution in [1.82, 2.24) is 10.2 Å². The van der Waals surface area contributed by atoms with Crippen LogP contribution in [-0.4, -0.2) is 28.8 Å². The number of halogens is 4. The van der Waals surface area contributed by atoms with Gasteiger partial charge in [-0.05, 0) is 53.8 Å². The number of amides is 2. The van der Waals surface area contributed by atoms with Gasteiger partial charge in [0.1, 0.15) is 6.04 Å². The third-order valence-electron chi connectivity index (χ3n) is 6.72. The van der Waals surface area contributed by atoms with Crippen LogP contribution in [0, 0.1) is 0 Å². The Labute approximate surface area is 237 Å². The largest absolute Gasteiger partial charge is 0.352 e. The van der Waals surface area contributed by atoms with E-state index >= 15 is 0 Å². The Balaban J connectivity index is 1.71. The van der Waals surface area contributed by atoms with Crippen LogP contribution < -0.4 is 5.32 Å². The molecule has 0 radical (unpaired) electrons. The van der Waals surface area contributed by atoms with Crippen molar-refractivity contribution in [2.24, 2.45) is 0 Å². The molecular weight excluding hydrogens is 550 g/mol. The van der Waals surface area contributed by atoms with E-state index in [4.69, 9.17) is 46.4 Å². The molecule has 0 unspecified atom stereocenters. The SMILES string of the molecule is O=C(NC1CCCC1)[C@H](Cc1ccccc1)N(Cc1ccc(Cl)cc1Cl)C(=O)Cc1c(Cl)cccc1Cl. The summed E-state index contributed by atoms with van der Waals surface area (Å²) in [4.78, 5) is 29.3. The van der Waals surface area contributed by atoms with Crippen LogP contribution in [0.25, 0.3) is 0 Å². The lowest BCUT2D eigenvalue weighted by molar-refractivity contribution is -0.141. The maximum absolute atomic E-state index is 13.9. The molecular formula is C29H28Cl4N2O2. The Kier molecular flexibility index (Phi) is 9.77. The van der Waals surface area contributed by atoms with Gasteiger partial charge in [-0.2, -0.15) is 0 Å². The van der Waals surface area contributed by atoms with Crippen LogP contribution in [0.2, 0.25) is 20.1 Å². The van der Waals surface area contributed by atoms with E-state index in [9.17, 15) is 9.59 Å². The Morgan fingerprint density at radius 1 is 0.865 bits per heavy atom. The average Bonchev–Trinajstić information content (AvgIpc) is 3.38. The van der Waals surface area contributed by atoms with Gasteiger partial charge in [0.05, 0.1) is 6.42 Å². The van der Waals surface area contributed by atoms with Crippen molar-refractivity contribution in [3.05, 3.63) is 104 Å². The van der Waals surface area contributed by atoms with Crippen LogP contribution in [0.1, 0.15) is 42.4 Å². The normalized spacial score (nSPS) is 14.4. The van der Waals surface area contributed by atoms with Gasteiger partial charge in [0.25, 0.3) is 0 Å². The molecule has 0 spiro atoms. The first kappa shape index (κ1) is 27.8. The van der Waals surface area contributed by atoms with Crippen molar-refractivity contribution in [3.63, 3.8) is 0 Å². The molecule has 0 aromatic heterocycles. The molecule has 0 heterocycles. The molecule has 3 aromatic rings. The lowest BCUT2D eigenvalue weighted by Crippen LogP contribution is -2.52. The first-order valence-electron chi connectivity index (χ1n) is 12.3. The number of hydrogen-bond donors (Lipinski definition) is 1. The first-order chi connectivity index (χ1) is 17.8. The van der Waals surface area contributed by atoms with Gasteiger partial charge >= 0.3 is 0 Å². The maximum atomic E-state index is 13.9. The van der Waals surface area contributed by atoms with Crippen molar-refractivity contribution in [3.8, 4) is 0 Å². The van der Waals surface area contributed by atoms with Crippen LogP contribution >= 0.6 is 46.4 Å². The molecule has 0 bridgehead atoms. The van der Waals surface area contributed by atoms with Gasteiger partial charge < -0.3 is 10.2 Å². The molecule has 3 aromatic carbocycles. The minimum atomic E-state index is -0.761. The highest BCUT2D eigenvalue weighted by molar-refractivity contribution is 6.36. The summed E-state index contributed by atoms with van der Waals surface area (Å²) in [6.07, 6.45) is 4.36. The summed E-state index contributed by atoms with van der Waals surface area (Å²) < 4.78 is 0. The molecule has 8 heteroatoms. The highest BCUT2D eigenvalue weighted by atomic mass is 35.5. The fraction of sp³-hybridized carbons (Fsp3) is 0.310. The Hall–Kier alpha value is -2.24. The number of nitrogens with zero attached hydrogens (tertiary/aromatic N) is 1. The molecule has 1 aliphatic carbocycles. The number of rotatable bonds is 9. The maximum Gasteiger partial charge on any atom is 0.243 e. The molecule has 1 atom stereocenters. The Bertz CT molecular complexity index is 1230. The van der Waals surface area contributed by atoms with E-state index in [0.29, 0.717) is 37.6 Å². The second-order valence-corrected chi connectivity index (χ2v) is 11.0. The van der Waals surface area contributed by atoms with Crippen LogP contribution in [-0.2, 0) is 29.0 Å². The van der Waals surface area contributed by atoms with E-state index in [-0.39, 0.29) is 30.8 Å². The van der Waals surface area contributed by atoms with Crippen LogP contribution in [0.5, 0.6) is 0 Å². The van der Waals surface area contributed by atoms with Crippen molar-refractivity contribution < 1.29 is 9.59 Å². The summed E-state index contributed by atoms with van der Waals surface area (Å²) in [5, 5.41) is 4.92. The lowest BCUT2D eigenvalue weighted by Gasteiger charge is -2.33. The second-order valence-electron chi connectivity index (χ2n) is 9.33. The zero-order valence-corrected chi connectivity index (χ0v) is 23.3. The van der Waals surface area contributed by atoms with Crippen LogP contribution in [0.3, 0.4) is 0 Å². The smallest absolute Gasteiger partial charge is 0.243 e. The lowest BCUT2D eigenvalue weighted by atomic mass is 10.0. The van der Waals surface area contributed by atoms with Crippen molar-refractivity contribution in [2.75, 3.05) is 0 Å². The van der Waals surface area contributed by atoms with E-state index in [1.54, 1.807) is 41.3 Å². The zero-order valence-electron chi connectivity index (χ0n) is 20.2. The standard InChI is InChI=1S/C29H28Cl4N2O2/c30-21-14-13-20(26(33)16-21)18-35(28(36)17-23-24(31)11-6-12-25(23)32)27(15-19-7-2-1-3-8-19)29(37)34-22-9-4-5-10-22/h1-3,6-8,11-14,16,22,27H,4-5,9-10,15,17-18H2,(H,34,37)/t27-/m0/s1. The average molecular weight is 578 g/mol. The van der Waals surface area contributed by atoms with Gasteiger partial charge in [-0.1, -0.05) is 102 Å². The molecule has 2 amide bonds. The topological polar surface area (TPSA) is 49.4 Å². The van der Waals surface area contributed by atoms with Gasteiger partial charge in [-0.15, -0.1) is 0 Å². The number of carbonyl (C=O) groups excluding carboxylic acids is 2. The van der Waals surface area contributed by atoms with E-state index in [1.807, 2.05) is 30.3 Å². The van der Waals surface area contributed by atoms with Gasteiger partial charge in [-0.25, -0.2) is 0 Å². The summed E-state index contributed by atoms with van der Waals surface area (Å²) in [7, 11) is 0. The molecule has 0 aliphatic heterocycles. The predicted octanol–water partition coefficient (Wildman–Crippen LogP) is 7.54. The zero-order chi connectivity index (χ0) is 26.4. The number of carbonyl (C=O) groups is 2. The van der Waals surface area contributed by atoms with E-state index in [0.717, 1.165) is 31.2 Å². The van der Waals surface area contributed by atoms with Gasteiger partial charge in [0.15, 0.2) is 0 Å². The van der Waals surface area contributed by atoms with Gasteiger partial charge in [-0.3, -0.25) is 9.59 Å². The summed E-state index contributed by atoms with van der Waals surface area (Å²) in [5.41, 5.74) is 2.17. The van der Waals surface area contributed by atoms with E-state index in [2.05, 4.69) is 5.32 Å². The molecule has 4 nitrogen and oxygen atoms in total. The van der Waals surface area contributed by atoms with Crippen molar-refractivity contribution in [2.45, 2.75) is 57.2 Å². The van der Waals surface area contributed by atoms with Crippen molar-refractivity contribution >= 4 is 58.2 Å². The van der Waals surface area contributed by atoms with E-state index < -0.39 is 6.04 Å². The summed E-state index contributed by atoms with van der Waals surface area (Å²) >= 11 is 25.4. The second kappa shape index (κ2) is 13.0. The summed E-state index contributed by atoms with van der Waals surface area (Å²) in [6.45, 7) is 0.131. The molecule has 1 N–H and O–H groups in total. The van der Waals surface area contributed by atoms with Crippen molar-refractivity contribution in [1.29, 1.82) is 0 Å². The molecule has 4 rings (SSSR count). The monoisotopic (exact) mass is 576 g/mol. The fourth-order valence-corrected chi connectivity index (χ4v) is 5.71. The molecule has 37 heavy (non-hydrogen) atoms. The quantitative estimate of drug-likeness (QED) is 0.285. The van der Waals surface area contributed by atoms with E-state index in [1.165, 1.54) is 0 Å². The van der Waals surface area contributed by atoms with Crippen LogP contribution in [0.15, 0.2) is 66.7 Å². The molecule has 194 valence electrons.